The molecule has 0 bridgehead atoms. The Hall–Kier alpha value is -4.35. The first-order valence-corrected chi connectivity index (χ1v) is 11.4. The molecule has 0 aliphatic carbocycles. The van der Waals surface area contributed by atoms with Crippen LogP contribution in [0.4, 0.5) is 0 Å². The Labute approximate surface area is 203 Å². The summed E-state index contributed by atoms with van der Waals surface area (Å²) in [4.78, 5) is 11.3. The molecule has 0 aliphatic rings. The highest BCUT2D eigenvalue weighted by molar-refractivity contribution is 6.03. The first kappa shape index (κ1) is 22.4. The Morgan fingerprint density at radius 2 is 1.63 bits per heavy atom. The van der Waals surface area contributed by atoms with Crippen LogP contribution in [-0.4, -0.2) is 11.1 Å². The highest BCUT2D eigenvalue weighted by Crippen LogP contribution is 2.40. The monoisotopic (exact) mass is 463 g/mol. The van der Waals surface area contributed by atoms with E-state index in [-0.39, 0.29) is 13.0 Å². The van der Waals surface area contributed by atoms with E-state index in [4.69, 9.17) is 14.9 Å². The second-order valence-corrected chi connectivity index (χ2v) is 8.36. The lowest BCUT2D eigenvalue weighted by atomic mass is 9.91. The fraction of sp³-hybridized carbons (Fsp3) is 0.100. The molecular weight excluding hydrogens is 438 g/mol. The molecular formula is C30H25NO4. The predicted octanol–water partition coefficient (Wildman–Crippen LogP) is 6.43. The molecule has 0 saturated carbocycles. The third-order valence-electron chi connectivity index (χ3n) is 6.05. The van der Waals surface area contributed by atoms with E-state index in [0.717, 1.165) is 44.3 Å². The number of hydrogen-bond acceptors (Lipinski definition) is 4. The van der Waals surface area contributed by atoms with Gasteiger partial charge in [0, 0.05) is 23.1 Å². The zero-order valence-corrected chi connectivity index (χ0v) is 19.1. The third kappa shape index (κ3) is 4.67. The van der Waals surface area contributed by atoms with E-state index in [1.165, 1.54) is 0 Å². The Morgan fingerprint density at radius 3 is 2.43 bits per heavy atom. The second kappa shape index (κ2) is 9.87. The summed E-state index contributed by atoms with van der Waals surface area (Å²) in [5.41, 5.74) is 13.4. The van der Waals surface area contributed by atoms with Gasteiger partial charge in [-0.3, -0.25) is 4.79 Å². The maximum atomic E-state index is 11.3. The number of hydrogen-bond donors (Lipinski definition) is 2. The molecule has 0 radical (unpaired) electrons. The standard InChI is InChI=1S/C30H25NO4/c31-18-20-7-6-11-22(15-20)26-16-24(19-35-27-12-5-4-10-23(27)17-28(32)33)29(21-8-2-1-3-9-21)25-13-14-34-30(25)26/h1-16H,17-19,31H2,(H,32,33). The van der Waals surface area contributed by atoms with Gasteiger partial charge in [0.1, 0.15) is 17.9 Å². The Balaban J connectivity index is 1.65. The van der Waals surface area contributed by atoms with Gasteiger partial charge in [0.25, 0.3) is 0 Å². The maximum Gasteiger partial charge on any atom is 0.307 e. The molecule has 4 aromatic carbocycles. The summed E-state index contributed by atoms with van der Waals surface area (Å²) in [7, 11) is 0. The topological polar surface area (TPSA) is 85.7 Å². The number of aliphatic carboxylic acids is 1. The van der Waals surface area contributed by atoms with E-state index in [9.17, 15) is 9.90 Å². The van der Waals surface area contributed by atoms with E-state index >= 15 is 0 Å². The van der Waals surface area contributed by atoms with Crippen LogP contribution in [0.5, 0.6) is 5.75 Å². The zero-order valence-electron chi connectivity index (χ0n) is 19.1. The fourth-order valence-electron chi connectivity index (χ4n) is 4.45. The molecule has 5 rings (SSSR count). The van der Waals surface area contributed by atoms with Gasteiger partial charge >= 0.3 is 5.97 Å². The van der Waals surface area contributed by atoms with Gasteiger partial charge in [-0.15, -0.1) is 0 Å². The molecule has 5 aromatic rings. The molecule has 174 valence electrons. The maximum absolute atomic E-state index is 11.3. The quantitative estimate of drug-likeness (QED) is 0.277. The molecule has 3 N–H and O–H groups in total. The van der Waals surface area contributed by atoms with E-state index in [2.05, 4.69) is 24.3 Å². The van der Waals surface area contributed by atoms with Crippen LogP contribution in [0.3, 0.4) is 0 Å². The highest BCUT2D eigenvalue weighted by Gasteiger charge is 2.18. The number of nitrogens with two attached hydrogens (primary N) is 1. The summed E-state index contributed by atoms with van der Waals surface area (Å²) in [5, 5.41) is 10.3. The zero-order chi connectivity index (χ0) is 24.2. The first-order valence-electron chi connectivity index (χ1n) is 11.4. The van der Waals surface area contributed by atoms with Crippen molar-refractivity contribution < 1.29 is 19.1 Å². The lowest BCUT2D eigenvalue weighted by molar-refractivity contribution is -0.136. The van der Waals surface area contributed by atoms with Crippen molar-refractivity contribution in [2.75, 3.05) is 0 Å². The van der Waals surface area contributed by atoms with Crippen LogP contribution in [0.25, 0.3) is 33.2 Å². The van der Waals surface area contributed by atoms with Gasteiger partial charge < -0.3 is 20.0 Å². The van der Waals surface area contributed by atoms with Crippen molar-refractivity contribution in [3.63, 3.8) is 0 Å². The number of para-hydroxylation sites is 1. The van der Waals surface area contributed by atoms with Crippen molar-refractivity contribution in [1.29, 1.82) is 0 Å². The smallest absolute Gasteiger partial charge is 0.307 e. The highest BCUT2D eigenvalue weighted by atomic mass is 16.5. The van der Waals surface area contributed by atoms with Gasteiger partial charge in [-0.25, -0.2) is 0 Å². The van der Waals surface area contributed by atoms with E-state index < -0.39 is 5.97 Å². The molecule has 0 atom stereocenters. The average Bonchev–Trinajstić information content (AvgIpc) is 3.37. The molecule has 5 heteroatoms. The van der Waals surface area contributed by atoms with Crippen molar-refractivity contribution in [2.24, 2.45) is 5.73 Å². The molecule has 0 spiro atoms. The van der Waals surface area contributed by atoms with Crippen LogP contribution >= 0.6 is 0 Å². The van der Waals surface area contributed by atoms with Gasteiger partial charge in [-0.1, -0.05) is 66.7 Å². The van der Waals surface area contributed by atoms with Crippen LogP contribution in [0.1, 0.15) is 16.7 Å². The molecule has 0 amide bonds. The number of benzene rings is 4. The predicted molar refractivity (Wildman–Crippen MR) is 137 cm³/mol. The number of ether oxygens (including phenoxy) is 1. The van der Waals surface area contributed by atoms with Crippen molar-refractivity contribution in [2.45, 2.75) is 19.6 Å². The number of carboxylic acids is 1. The second-order valence-electron chi connectivity index (χ2n) is 8.36. The van der Waals surface area contributed by atoms with Crippen LogP contribution in [-0.2, 0) is 24.4 Å². The van der Waals surface area contributed by atoms with Crippen molar-refractivity contribution in [1.82, 2.24) is 0 Å². The SMILES string of the molecule is NCc1cccc(-c2cc(COc3ccccc3CC(=O)O)c(-c3ccccc3)c3ccoc23)c1. The normalized spacial score (nSPS) is 11.0. The summed E-state index contributed by atoms with van der Waals surface area (Å²) >= 11 is 0. The van der Waals surface area contributed by atoms with E-state index in [1.807, 2.05) is 60.7 Å². The molecule has 0 saturated heterocycles. The van der Waals surface area contributed by atoms with Gasteiger partial charge in [-0.2, -0.15) is 0 Å². The van der Waals surface area contributed by atoms with Crippen LogP contribution in [0, 0.1) is 0 Å². The Kier molecular flexibility index (Phi) is 6.33. The minimum Gasteiger partial charge on any atom is -0.489 e. The third-order valence-corrected chi connectivity index (χ3v) is 6.05. The number of furan rings is 1. The molecule has 35 heavy (non-hydrogen) atoms. The summed E-state index contributed by atoms with van der Waals surface area (Å²) < 4.78 is 12.2. The van der Waals surface area contributed by atoms with Gasteiger partial charge in [-0.05, 0) is 52.1 Å². The molecule has 0 unspecified atom stereocenters. The first-order chi connectivity index (χ1) is 17.1. The van der Waals surface area contributed by atoms with E-state index in [1.54, 1.807) is 12.3 Å². The summed E-state index contributed by atoms with van der Waals surface area (Å²) in [6, 6.07) is 29.6. The van der Waals surface area contributed by atoms with Crippen LogP contribution in [0.2, 0.25) is 0 Å². The van der Waals surface area contributed by atoms with Crippen molar-refractivity contribution in [3.8, 4) is 28.0 Å². The number of carbonyl (C=O) groups is 1. The van der Waals surface area contributed by atoms with Crippen molar-refractivity contribution in [3.05, 3.63) is 114 Å². The summed E-state index contributed by atoms with van der Waals surface area (Å²) in [6.45, 7) is 0.721. The summed E-state index contributed by atoms with van der Waals surface area (Å²) in [5.74, 6) is -0.333. The molecule has 5 nitrogen and oxygen atoms in total. The van der Waals surface area contributed by atoms with Gasteiger partial charge in [0.2, 0.25) is 0 Å². The molecule has 1 aromatic heterocycles. The Morgan fingerprint density at radius 1 is 0.857 bits per heavy atom. The van der Waals surface area contributed by atoms with Crippen LogP contribution < -0.4 is 10.5 Å². The van der Waals surface area contributed by atoms with Gasteiger partial charge in [0.05, 0.1) is 12.7 Å². The van der Waals surface area contributed by atoms with Crippen molar-refractivity contribution >= 4 is 16.9 Å². The van der Waals surface area contributed by atoms with E-state index in [0.29, 0.717) is 17.9 Å². The molecule has 0 fully saturated rings. The summed E-state index contributed by atoms with van der Waals surface area (Å²) in [6.07, 6.45) is 1.61. The average molecular weight is 464 g/mol. The minimum absolute atomic E-state index is 0.0976. The molecule has 0 aliphatic heterocycles. The largest absolute Gasteiger partial charge is 0.489 e. The van der Waals surface area contributed by atoms with Gasteiger partial charge in [0.15, 0.2) is 0 Å². The minimum atomic E-state index is -0.895. The number of fused-ring (bicyclic) bond motifs is 1. The molecule has 1 heterocycles. The number of carboxylic acid groups (broad SMARTS) is 1. The Bertz CT molecular complexity index is 1490. The van der Waals surface area contributed by atoms with Crippen LogP contribution in [0.15, 0.2) is 102 Å². The lowest BCUT2D eigenvalue weighted by Crippen LogP contribution is -2.05. The lowest BCUT2D eigenvalue weighted by Gasteiger charge is -2.17. The fourth-order valence-corrected chi connectivity index (χ4v) is 4.45. The number of rotatable bonds is 8.